The van der Waals surface area contributed by atoms with Crippen LogP contribution in [0, 0.1) is 22.0 Å². The van der Waals surface area contributed by atoms with Gasteiger partial charge in [-0.05, 0) is 36.3 Å². The molecule has 0 radical (unpaired) electrons. The molecule has 3 heterocycles. The lowest BCUT2D eigenvalue weighted by atomic mass is 9.94. The third-order valence-corrected chi connectivity index (χ3v) is 6.49. The number of piperidine rings is 1. The van der Waals surface area contributed by atoms with E-state index in [9.17, 15) is 24.5 Å². The number of likely N-dealkylation sites (tertiary alicyclic amines) is 1. The molecule has 2 fully saturated rings. The minimum absolute atomic E-state index is 0.0545. The number of amides is 3. The molecule has 1 unspecified atom stereocenters. The number of nitro groups is 1. The fourth-order valence-corrected chi connectivity index (χ4v) is 4.60. The first-order chi connectivity index (χ1) is 14.9. The van der Waals surface area contributed by atoms with Crippen LogP contribution in [0.1, 0.15) is 19.3 Å². The van der Waals surface area contributed by atoms with E-state index < -0.39 is 4.92 Å². The third-order valence-electron chi connectivity index (χ3n) is 5.62. The van der Waals surface area contributed by atoms with E-state index in [1.54, 1.807) is 9.80 Å². The van der Waals surface area contributed by atoms with Crippen LogP contribution in [0.3, 0.4) is 0 Å². The fraction of sp³-hybridized carbons (Fsp3) is 0.400. The summed E-state index contributed by atoms with van der Waals surface area (Å²) in [5.74, 6) is -1.04. The van der Waals surface area contributed by atoms with E-state index in [1.165, 1.54) is 0 Å². The number of nitrogens with zero attached hydrogens (tertiary/aromatic N) is 4. The molecular formula is C20H21N5O5S. The highest BCUT2D eigenvalue weighted by atomic mass is 32.1. The van der Waals surface area contributed by atoms with E-state index >= 15 is 0 Å². The van der Waals surface area contributed by atoms with Crippen LogP contribution in [0.25, 0.3) is 0 Å². The molecule has 2 saturated heterocycles. The highest BCUT2D eigenvalue weighted by Gasteiger charge is 2.38. The Hall–Kier alpha value is -3.34. The van der Waals surface area contributed by atoms with Crippen molar-refractivity contribution in [3.63, 3.8) is 0 Å². The summed E-state index contributed by atoms with van der Waals surface area (Å²) in [4.78, 5) is 55.2. The minimum atomic E-state index is -0.551. The zero-order chi connectivity index (χ0) is 22.0. The van der Waals surface area contributed by atoms with Gasteiger partial charge in [0.05, 0.1) is 10.8 Å². The van der Waals surface area contributed by atoms with E-state index in [2.05, 4.69) is 10.3 Å². The quantitative estimate of drug-likeness (QED) is 0.558. The van der Waals surface area contributed by atoms with Gasteiger partial charge in [0.2, 0.25) is 17.7 Å². The van der Waals surface area contributed by atoms with Crippen LogP contribution < -0.4 is 10.2 Å². The van der Waals surface area contributed by atoms with E-state index in [0.717, 1.165) is 23.2 Å². The molecule has 11 heteroatoms. The normalized spacial score (nSPS) is 19.5. The predicted molar refractivity (Wildman–Crippen MR) is 114 cm³/mol. The zero-order valence-corrected chi connectivity index (χ0v) is 17.4. The van der Waals surface area contributed by atoms with E-state index in [4.69, 9.17) is 0 Å². The van der Waals surface area contributed by atoms with Crippen LogP contribution in [0.15, 0.2) is 36.5 Å². The summed E-state index contributed by atoms with van der Waals surface area (Å²) in [6.45, 7) is 1.24. The van der Waals surface area contributed by atoms with Gasteiger partial charge in [-0.1, -0.05) is 18.2 Å². The fourth-order valence-electron chi connectivity index (χ4n) is 3.97. The van der Waals surface area contributed by atoms with Gasteiger partial charge in [0.1, 0.15) is 6.20 Å². The number of thiazole rings is 1. The van der Waals surface area contributed by atoms with Crippen molar-refractivity contribution in [3.05, 3.63) is 46.6 Å². The molecular weight excluding hydrogens is 422 g/mol. The topological polar surface area (TPSA) is 126 Å². The predicted octanol–water partition coefficient (Wildman–Crippen LogP) is 2.28. The molecule has 1 aromatic carbocycles. The maximum Gasteiger partial charge on any atom is 0.345 e. The summed E-state index contributed by atoms with van der Waals surface area (Å²) in [6, 6.07) is 9.30. The van der Waals surface area contributed by atoms with Crippen LogP contribution in [-0.2, 0) is 14.4 Å². The molecule has 0 saturated carbocycles. The molecule has 0 bridgehead atoms. The lowest BCUT2D eigenvalue weighted by molar-refractivity contribution is -0.380. The molecule has 4 rings (SSSR count). The van der Waals surface area contributed by atoms with Crippen LogP contribution >= 0.6 is 11.3 Å². The van der Waals surface area contributed by atoms with Crippen molar-refractivity contribution in [1.82, 2.24) is 9.88 Å². The summed E-state index contributed by atoms with van der Waals surface area (Å²) >= 11 is 0.811. The summed E-state index contributed by atoms with van der Waals surface area (Å²) in [5, 5.41) is 13.4. The minimum Gasteiger partial charge on any atom is -0.342 e. The van der Waals surface area contributed by atoms with Gasteiger partial charge in [0, 0.05) is 37.7 Å². The molecule has 3 amide bonds. The Morgan fingerprint density at radius 2 is 1.87 bits per heavy atom. The van der Waals surface area contributed by atoms with Crippen molar-refractivity contribution in [2.75, 3.05) is 29.9 Å². The number of hydrogen-bond acceptors (Lipinski definition) is 7. The Morgan fingerprint density at radius 1 is 1.16 bits per heavy atom. The summed E-state index contributed by atoms with van der Waals surface area (Å²) in [5.41, 5.74) is 0.792. The van der Waals surface area contributed by atoms with Gasteiger partial charge in [0.25, 0.3) is 0 Å². The van der Waals surface area contributed by atoms with Crippen LogP contribution in [0.2, 0.25) is 0 Å². The summed E-state index contributed by atoms with van der Waals surface area (Å²) < 4.78 is 0. The second-order valence-corrected chi connectivity index (χ2v) is 8.60. The number of rotatable bonds is 5. The van der Waals surface area contributed by atoms with Crippen molar-refractivity contribution >= 4 is 44.9 Å². The zero-order valence-electron chi connectivity index (χ0n) is 16.6. The monoisotopic (exact) mass is 443 g/mol. The number of hydrogen-bond donors (Lipinski definition) is 1. The van der Waals surface area contributed by atoms with Crippen LogP contribution in [0.5, 0.6) is 0 Å². The lowest BCUT2D eigenvalue weighted by Crippen LogP contribution is -2.44. The first-order valence-corrected chi connectivity index (χ1v) is 10.8. The number of para-hydroxylation sites is 1. The van der Waals surface area contributed by atoms with E-state index in [0.29, 0.717) is 32.5 Å². The third kappa shape index (κ3) is 4.55. The largest absolute Gasteiger partial charge is 0.345 e. The Morgan fingerprint density at radius 3 is 2.52 bits per heavy atom. The molecule has 1 N–H and O–H groups in total. The molecule has 162 valence electrons. The second-order valence-electron chi connectivity index (χ2n) is 7.59. The molecule has 2 aromatic rings. The number of carbonyl (C=O) groups is 3. The van der Waals surface area contributed by atoms with Gasteiger partial charge in [-0.15, -0.1) is 0 Å². The molecule has 2 aliphatic heterocycles. The molecule has 1 aromatic heterocycles. The van der Waals surface area contributed by atoms with Crippen molar-refractivity contribution in [3.8, 4) is 0 Å². The molecule has 1 atom stereocenters. The average molecular weight is 443 g/mol. The lowest BCUT2D eigenvalue weighted by Gasteiger charge is -2.32. The highest BCUT2D eigenvalue weighted by Crippen LogP contribution is 2.29. The van der Waals surface area contributed by atoms with Gasteiger partial charge >= 0.3 is 5.00 Å². The van der Waals surface area contributed by atoms with Crippen molar-refractivity contribution in [1.29, 1.82) is 0 Å². The van der Waals surface area contributed by atoms with Crippen molar-refractivity contribution in [2.24, 2.45) is 11.8 Å². The van der Waals surface area contributed by atoms with Gasteiger partial charge in [0.15, 0.2) is 5.13 Å². The highest BCUT2D eigenvalue weighted by molar-refractivity contribution is 7.18. The SMILES string of the molecule is O=C(Nc1ncc([N+](=O)[O-])s1)C1CCN(C(=O)C2CC(=O)N(c3ccccc3)C2)CC1. The van der Waals surface area contributed by atoms with E-state index in [-0.39, 0.29) is 46.1 Å². The first-order valence-electron chi connectivity index (χ1n) is 9.97. The molecule has 10 nitrogen and oxygen atoms in total. The van der Waals surface area contributed by atoms with E-state index in [1.807, 2.05) is 30.3 Å². The number of anilines is 2. The number of nitrogens with one attached hydrogen (secondary N) is 1. The Bertz CT molecular complexity index is 1000. The maximum atomic E-state index is 12.9. The van der Waals surface area contributed by atoms with Gasteiger partial charge in [-0.25, -0.2) is 4.98 Å². The standard InChI is InChI=1S/C20H21N5O5S/c26-16-10-14(12-24(16)15-4-2-1-3-5-15)19(28)23-8-6-13(7-9-23)18(27)22-20-21-11-17(31-20)25(29)30/h1-5,11,13-14H,6-10,12H2,(H,21,22,27). The second kappa shape index (κ2) is 8.80. The number of aromatic nitrogens is 1. The maximum absolute atomic E-state index is 12.9. The molecule has 31 heavy (non-hydrogen) atoms. The van der Waals surface area contributed by atoms with Gasteiger partial charge in [-0.2, -0.15) is 0 Å². The van der Waals surface area contributed by atoms with Crippen molar-refractivity contribution in [2.45, 2.75) is 19.3 Å². The first kappa shape index (κ1) is 20.9. The average Bonchev–Trinajstić information content (AvgIpc) is 3.41. The molecule has 0 spiro atoms. The summed E-state index contributed by atoms with van der Waals surface area (Å²) in [6.07, 6.45) is 2.29. The van der Waals surface area contributed by atoms with Crippen molar-refractivity contribution < 1.29 is 19.3 Å². The Balaban J connectivity index is 1.29. The van der Waals surface area contributed by atoms with Gasteiger partial charge in [-0.3, -0.25) is 24.5 Å². The van der Waals surface area contributed by atoms with Crippen LogP contribution in [0.4, 0.5) is 15.8 Å². The number of carbonyl (C=O) groups excluding carboxylic acids is 3. The number of benzene rings is 1. The summed E-state index contributed by atoms with van der Waals surface area (Å²) in [7, 11) is 0. The Labute approximate surface area is 182 Å². The molecule has 2 aliphatic rings. The Kier molecular flexibility index (Phi) is 5.94. The smallest absolute Gasteiger partial charge is 0.342 e. The van der Waals surface area contributed by atoms with Gasteiger partial charge < -0.3 is 15.1 Å². The van der Waals surface area contributed by atoms with Crippen LogP contribution in [-0.4, -0.2) is 52.2 Å². The molecule has 0 aliphatic carbocycles.